The Bertz CT molecular complexity index is 6180. The number of benzene rings is 16. The van der Waals surface area contributed by atoms with Crippen LogP contribution in [0.4, 0.5) is 56.9 Å². The van der Waals surface area contributed by atoms with Crippen molar-refractivity contribution in [1.29, 1.82) is 0 Å². The van der Waals surface area contributed by atoms with Crippen LogP contribution in [0.2, 0.25) is 0 Å². The lowest BCUT2D eigenvalue weighted by molar-refractivity contribution is 0.794. The maximum absolute atomic E-state index is 4.47. The van der Waals surface area contributed by atoms with E-state index in [-0.39, 0.29) is 0 Å². The average molecular weight is 1460 g/mol. The molecule has 0 saturated carbocycles. The van der Waals surface area contributed by atoms with Crippen molar-refractivity contribution in [2.24, 2.45) is 0 Å². The molecule has 18 rings (SSSR count). The van der Waals surface area contributed by atoms with Gasteiger partial charge in [-0.1, -0.05) is 330 Å². The van der Waals surface area contributed by atoms with Gasteiger partial charge in [-0.15, -0.1) is 0 Å². The Morgan fingerprint density at radius 2 is 0.588 bits per heavy atom. The van der Waals surface area contributed by atoms with E-state index >= 15 is 0 Å². The summed E-state index contributed by atoms with van der Waals surface area (Å²) in [7, 11) is 0. The molecule has 16 aromatic rings. The highest BCUT2D eigenvalue weighted by atomic mass is 15.2. The molecule has 544 valence electrons. The van der Waals surface area contributed by atoms with Crippen LogP contribution in [0.1, 0.15) is 35.6 Å². The van der Waals surface area contributed by atoms with Crippen molar-refractivity contribution in [3.8, 4) is 89.0 Å². The van der Waals surface area contributed by atoms with Gasteiger partial charge in [-0.2, -0.15) is 0 Å². The lowest BCUT2D eigenvalue weighted by Crippen LogP contribution is -2.26. The average Bonchev–Trinajstić information content (AvgIpc) is 1.51. The first-order valence-electron chi connectivity index (χ1n) is 39.4. The molecular formula is C110H84N4. The van der Waals surface area contributed by atoms with Gasteiger partial charge in [0.25, 0.3) is 0 Å². The third-order valence-corrected chi connectivity index (χ3v) is 22.3. The van der Waals surface area contributed by atoms with Crippen LogP contribution in [-0.4, -0.2) is 6.54 Å². The normalized spacial score (nSPS) is 12.3. The minimum absolute atomic E-state index is 0.620. The Hall–Kier alpha value is -14.6. The molecule has 0 bridgehead atoms. The monoisotopic (exact) mass is 1460 g/mol. The van der Waals surface area contributed by atoms with Gasteiger partial charge in [0.2, 0.25) is 0 Å². The SMILES string of the molecule is C=C/C=C(\C=C)N(c1ccc(-c2ccccc2)cc1)c1cc(-c2ccc3c(c2)C2(c4ccccc4-c4ccccc42)c2cc(-c4cc(N(C/C=C\C=C/CC)c5ccc(-c6ccccc6)cc5)cc(N(c5ccccc5)c5ccc(-c6ccccc6)cc5)c4)ccc2-3)cc(N(c2ccccc2)c2ccc(-c3ccccc3)cc2)c1. The van der Waals surface area contributed by atoms with E-state index in [1.165, 1.54) is 66.8 Å². The molecule has 0 heterocycles. The standard InChI is InChI=1S/C110H84N4/c1-4-7-8-9-32-70-111(92-60-50-83(51-61-92)79-34-16-10-17-35-79)98-71-89(72-99(77-98)113(93-42-24-14-25-43-93)96-64-54-85(55-65-96)81-38-20-12-21-39-81)87-58-68-104-105-69-59-88(76-109(105)110(108(104)75-87)106-48-30-28-46-102(106)103-47-29-31-49-107(103)110)90-73-100(112(91(6-3)33-5-2)95-62-52-84(53-63-95)80-36-18-11-19-37-80)78-101(74-90)114(94-44-26-15-27-45-94)97-66-56-86(57-67-97)82-40-22-13-23-41-82/h5-69,71-78H,2-4,70H2,1H3/b8-7-,32-9-,91-33+. The molecule has 4 heteroatoms. The summed E-state index contributed by atoms with van der Waals surface area (Å²) in [6, 6.07) is 147. The van der Waals surface area contributed by atoms with Gasteiger partial charge in [-0.05, 0) is 251 Å². The second kappa shape index (κ2) is 31.8. The van der Waals surface area contributed by atoms with E-state index in [0.717, 1.165) is 113 Å². The third kappa shape index (κ3) is 13.7. The molecule has 2 aliphatic carbocycles. The van der Waals surface area contributed by atoms with E-state index in [4.69, 9.17) is 0 Å². The van der Waals surface area contributed by atoms with Crippen molar-refractivity contribution in [2.75, 3.05) is 26.1 Å². The van der Waals surface area contributed by atoms with Gasteiger partial charge in [0.15, 0.2) is 0 Å². The lowest BCUT2D eigenvalue weighted by Gasteiger charge is -2.32. The topological polar surface area (TPSA) is 13.0 Å². The summed E-state index contributed by atoms with van der Waals surface area (Å²) >= 11 is 0. The van der Waals surface area contributed by atoms with Gasteiger partial charge in [0.05, 0.1) is 5.41 Å². The van der Waals surface area contributed by atoms with Crippen LogP contribution in [0.15, 0.2) is 462 Å². The molecule has 0 unspecified atom stereocenters. The number of rotatable bonds is 23. The van der Waals surface area contributed by atoms with Crippen LogP contribution < -0.4 is 19.6 Å². The minimum Gasteiger partial charge on any atom is -0.338 e. The predicted molar refractivity (Wildman–Crippen MR) is 484 cm³/mol. The van der Waals surface area contributed by atoms with Gasteiger partial charge >= 0.3 is 0 Å². The number of nitrogens with zero attached hydrogens (tertiary/aromatic N) is 4. The first-order valence-corrected chi connectivity index (χ1v) is 39.4. The predicted octanol–water partition coefficient (Wildman–Crippen LogP) is 30.0. The fraction of sp³-hybridized carbons (Fsp3) is 0.0364. The summed E-state index contributed by atoms with van der Waals surface area (Å²) in [6.45, 7) is 11.5. The molecule has 0 saturated heterocycles. The Kier molecular flexibility index (Phi) is 19.8. The van der Waals surface area contributed by atoms with Gasteiger partial charge in [-0.3, -0.25) is 0 Å². The smallest absolute Gasteiger partial charge is 0.0725 e. The second-order valence-corrected chi connectivity index (χ2v) is 29.1. The number of fused-ring (bicyclic) bond motifs is 10. The lowest BCUT2D eigenvalue weighted by atomic mass is 9.70. The largest absolute Gasteiger partial charge is 0.338 e. The van der Waals surface area contributed by atoms with E-state index in [1.54, 1.807) is 0 Å². The maximum Gasteiger partial charge on any atom is 0.0725 e. The Morgan fingerprint density at radius 3 is 1.00 bits per heavy atom. The molecule has 2 aliphatic rings. The summed E-state index contributed by atoms with van der Waals surface area (Å²) < 4.78 is 0. The van der Waals surface area contributed by atoms with Crippen molar-refractivity contribution in [2.45, 2.75) is 18.8 Å². The van der Waals surface area contributed by atoms with Crippen molar-refractivity contribution >= 4 is 56.9 Å². The van der Waals surface area contributed by atoms with Crippen molar-refractivity contribution < 1.29 is 0 Å². The molecule has 0 aliphatic heterocycles. The van der Waals surface area contributed by atoms with Gasteiger partial charge in [0, 0.05) is 69.1 Å². The third-order valence-electron chi connectivity index (χ3n) is 22.3. The van der Waals surface area contributed by atoms with Crippen LogP contribution in [0.25, 0.3) is 89.0 Å². The first-order chi connectivity index (χ1) is 56.4. The van der Waals surface area contributed by atoms with Gasteiger partial charge in [0.1, 0.15) is 0 Å². The number of para-hydroxylation sites is 2. The van der Waals surface area contributed by atoms with E-state index in [0.29, 0.717) is 6.54 Å². The van der Waals surface area contributed by atoms with Crippen molar-refractivity contribution in [3.63, 3.8) is 0 Å². The number of allylic oxidation sites excluding steroid dienone is 6. The number of hydrogen-bond donors (Lipinski definition) is 0. The Labute approximate surface area is 670 Å². The Balaban J connectivity index is 0.846. The minimum atomic E-state index is -0.740. The van der Waals surface area contributed by atoms with E-state index in [9.17, 15) is 0 Å². The summed E-state index contributed by atoms with van der Waals surface area (Å²) in [6.07, 6.45) is 15.6. The molecule has 114 heavy (non-hydrogen) atoms. The summed E-state index contributed by atoms with van der Waals surface area (Å²) in [5.41, 5.74) is 33.9. The molecule has 0 radical (unpaired) electrons. The van der Waals surface area contributed by atoms with Crippen LogP contribution in [0.5, 0.6) is 0 Å². The molecule has 1 spiro atoms. The summed E-state index contributed by atoms with van der Waals surface area (Å²) in [5, 5.41) is 0. The molecule has 0 fully saturated rings. The van der Waals surface area contributed by atoms with Crippen LogP contribution in [0.3, 0.4) is 0 Å². The van der Waals surface area contributed by atoms with Crippen molar-refractivity contribution in [1.82, 2.24) is 0 Å². The summed E-state index contributed by atoms with van der Waals surface area (Å²) in [5.74, 6) is 0. The highest BCUT2D eigenvalue weighted by Gasteiger charge is 2.52. The highest BCUT2D eigenvalue weighted by molar-refractivity contribution is 5.99. The fourth-order valence-corrected chi connectivity index (χ4v) is 17.0. The number of hydrogen-bond acceptors (Lipinski definition) is 4. The zero-order chi connectivity index (χ0) is 76.7. The van der Waals surface area contributed by atoms with E-state index in [2.05, 4.69) is 464 Å². The maximum atomic E-state index is 4.47. The van der Waals surface area contributed by atoms with Gasteiger partial charge in [-0.25, -0.2) is 0 Å². The van der Waals surface area contributed by atoms with E-state index < -0.39 is 5.41 Å². The quantitative estimate of drug-likeness (QED) is 0.0592. The molecule has 0 amide bonds. The number of anilines is 10. The zero-order valence-corrected chi connectivity index (χ0v) is 63.8. The van der Waals surface area contributed by atoms with E-state index in [1.807, 2.05) is 18.2 Å². The van der Waals surface area contributed by atoms with Gasteiger partial charge < -0.3 is 19.6 Å². The fourth-order valence-electron chi connectivity index (χ4n) is 17.0. The molecule has 4 nitrogen and oxygen atoms in total. The molecule has 16 aromatic carbocycles. The van der Waals surface area contributed by atoms with Crippen molar-refractivity contribution in [3.05, 3.63) is 484 Å². The Morgan fingerprint density at radius 1 is 0.263 bits per heavy atom. The molecular weight excluding hydrogens is 1380 g/mol. The molecule has 0 atom stereocenters. The van der Waals surface area contributed by atoms with Crippen LogP contribution >= 0.6 is 0 Å². The first kappa shape index (κ1) is 71.1. The summed E-state index contributed by atoms with van der Waals surface area (Å²) in [4.78, 5) is 9.59. The highest BCUT2D eigenvalue weighted by Crippen LogP contribution is 2.64. The molecule has 0 N–H and O–H groups in total. The molecule has 0 aromatic heterocycles. The van der Waals surface area contributed by atoms with Crippen LogP contribution in [0, 0.1) is 0 Å². The zero-order valence-electron chi connectivity index (χ0n) is 63.8. The van der Waals surface area contributed by atoms with Crippen LogP contribution in [-0.2, 0) is 5.41 Å². The second-order valence-electron chi connectivity index (χ2n) is 29.1.